The molecule has 25 heavy (non-hydrogen) atoms. The molecule has 0 aliphatic carbocycles. The van der Waals surface area contributed by atoms with Gasteiger partial charge in [-0.05, 0) is 37.3 Å². The van der Waals surface area contributed by atoms with Crippen molar-refractivity contribution in [3.63, 3.8) is 0 Å². The van der Waals surface area contributed by atoms with Gasteiger partial charge in [0.1, 0.15) is 0 Å². The first-order valence-electron chi connectivity index (χ1n) is 8.55. The highest BCUT2D eigenvalue weighted by Gasteiger charge is 2.21. The number of ether oxygens (including phenoxy) is 1. The minimum atomic E-state index is -0.230. The summed E-state index contributed by atoms with van der Waals surface area (Å²) < 4.78 is 4.75. The van der Waals surface area contributed by atoms with E-state index in [0.29, 0.717) is 12.6 Å². The molecule has 8 heteroatoms. The van der Waals surface area contributed by atoms with E-state index in [0.717, 1.165) is 38.4 Å². The third kappa shape index (κ3) is 7.01. The number of halogens is 1. The minimum Gasteiger partial charge on any atom is -0.469 e. The number of esters is 1. The Hall–Kier alpha value is -1.03. The Labute approximate surface area is 171 Å². The molecule has 142 valence electrons. The van der Waals surface area contributed by atoms with Crippen LogP contribution in [0.25, 0.3) is 0 Å². The maximum atomic E-state index is 11.5. The summed E-state index contributed by atoms with van der Waals surface area (Å²) in [5.74, 6) is 0.327. The number of carbonyl (C=O) groups excluding carboxylic acids is 1. The first-order chi connectivity index (χ1) is 11.6. The number of thiophene rings is 1. The second-order valence-electron chi connectivity index (χ2n) is 6.00. The van der Waals surface area contributed by atoms with E-state index in [-0.39, 0.29) is 35.9 Å². The van der Waals surface area contributed by atoms with Gasteiger partial charge in [-0.15, -0.1) is 35.3 Å². The van der Waals surface area contributed by atoms with Crippen LogP contribution in [0.1, 0.15) is 26.7 Å². The van der Waals surface area contributed by atoms with Crippen molar-refractivity contribution in [3.8, 4) is 0 Å². The van der Waals surface area contributed by atoms with Gasteiger partial charge in [0.25, 0.3) is 0 Å². The predicted octanol–water partition coefficient (Wildman–Crippen LogP) is 2.70. The maximum Gasteiger partial charge on any atom is 0.310 e. The normalized spacial score (nSPS) is 16.8. The van der Waals surface area contributed by atoms with Gasteiger partial charge in [0.15, 0.2) is 5.96 Å². The zero-order valence-electron chi connectivity index (χ0n) is 15.2. The number of aliphatic imine (C=N–C) groups is 1. The SMILES string of the molecule is CCNC(=NCC(C)C(=O)OC)NC1CCN(c2cccs2)CC1.I. The molecule has 1 aliphatic heterocycles. The second-order valence-corrected chi connectivity index (χ2v) is 6.93. The fourth-order valence-electron chi connectivity index (χ4n) is 2.71. The summed E-state index contributed by atoms with van der Waals surface area (Å²) in [5, 5.41) is 10.2. The molecule has 0 bridgehead atoms. The maximum absolute atomic E-state index is 11.5. The predicted molar refractivity (Wildman–Crippen MR) is 115 cm³/mol. The van der Waals surface area contributed by atoms with Crippen LogP contribution >= 0.6 is 35.3 Å². The molecule has 1 aliphatic rings. The number of methoxy groups -OCH3 is 1. The van der Waals surface area contributed by atoms with Crippen molar-refractivity contribution in [2.75, 3.05) is 38.2 Å². The number of guanidine groups is 1. The van der Waals surface area contributed by atoms with E-state index in [1.165, 1.54) is 12.1 Å². The molecule has 0 amide bonds. The molecule has 2 heterocycles. The molecule has 0 radical (unpaired) electrons. The van der Waals surface area contributed by atoms with Crippen LogP contribution in [0.5, 0.6) is 0 Å². The summed E-state index contributed by atoms with van der Waals surface area (Å²) >= 11 is 1.79. The number of nitrogens with zero attached hydrogens (tertiary/aromatic N) is 2. The number of hydrogen-bond acceptors (Lipinski definition) is 5. The molecule has 1 saturated heterocycles. The number of carbonyl (C=O) groups is 1. The zero-order valence-corrected chi connectivity index (χ0v) is 18.3. The number of piperidine rings is 1. The van der Waals surface area contributed by atoms with Gasteiger partial charge < -0.3 is 20.3 Å². The van der Waals surface area contributed by atoms with Crippen LogP contribution in [0.15, 0.2) is 22.5 Å². The van der Waals surface area contributed by atoms with Crippen LogP contribution in [-0.4, -0.2) is 51.3 Å². The molecule has 1 aromatic rings. The lowest BCUT2D eigenvalue weighted by Crippen LogP contribution is -2.48. The minimum absolute atomic E-state index is 0. The standard InChI is InChI=1S/C17H28N4O2S.HI/c1-4-18-17(19-12-13(2)16(22)23-3)20-14-7-9-21(10-8-14)15-6-5-11-24-15;/h5-6,11,13-14H,4,7-10,12H2,1-3H3,(H2,18,19,20);1H. The molecule has 1 atom stereocenters. The van der Waals surface area contributed by atoms with Gasteiger partial charge in [-0.1, -0.05) is 6.92 Å². The Bertz CT molecular complexity index is 531. The fraction of sp³-hybridized carbons (Fsp3) is 0.647. The number of hydrogen-bond donors (Lipinski definition) is 2. The van der Waals surface area contributed by atoms with E-state index in [2.05, 4.69) is 38.0 Å². The molecule has 1 aromatic heterocycles. The number of nitrogens with one attached hydrogen (secondary N) is 2. The van der Waals surface area contributed by atoms with E-state index in [9.17, 15) is 4.79 Å². The second kappa shape index (κ2) is 11.6. The van der Waals surface area contributed by atoms with Crippen LogP contribution in [0.3, 0.4) is 0 Å². The fourth-order valence-corrected chi connectivity index (χ4v) is 3.50. The van der Waals surface area contributed by atoms with Gasteiger partial charge in [-0.2, -0.15) is 0 Å². The molecule has 0 spiro atoms. The van der Waals surface area contributed by atoms with Gasteiger partial charge in [0.2, 0.25) is 0 Å². The average molecular weight is 480 g/mol. The first kappa shape index (κ1) is 22.0. The van der Waals surface area contributed by atoms with Crippen molar-refractivity contribution in [2.24, 2.45) is 10.9 Å². The van der Waals surface area contributed by atoms with Crippen LogP contribution in [-0.2, 0) is 9.53 Å². The lowest BCUT2D eigenvalue weighted by Gasteiger charge is -2.33. The van der Waals surface area contributed by atoms with Crippen molar-refractivity contribution >= 4 is 52.2 Å². The molecule has 2 N–H and O–H groups in total. The van der Waals surface area contributed by atoms with Crippen molar-refractivity contribution in [2.45, 2.75) is 32.7 Å². The van der Waals surface area contributed by atoms with Gasteiger partial charge in [-0.25, -0.2) is 0 Å². The summed E-state index contributed by atoms with van der Waals surface area (Å²) in [4.78, 5) is 18.4. The largest absolute Gasteiger partial charge is 0.469 e. The summed E-state index contributed by atoms with van der Waals surface area (Å²) in [5.41, 5.74) is 0. The Balaban J connectivity index is 0.00000312. The van der Waals surface area contributed by atoms with Crippen molar-refractivity contribution in [1.29, 1.82) is 0 Å². The van der Waals surface area contributed by atoms with Gasteiger partial charge in [0.05, 0.1) is 24.6 Å². The summed E-state index contributed by atoms with van der Waals surface area (Å²) in [7, 11) is 1.41. The molecule has 2 rings (SSSR count). The zero-order chi connectivity index (χ0) is 17.4. The van der Waals surface area contributed by atoms with E-state index in [1.54, 1.807) is 11.3 Å². The topological polar surface area (TPSA) is 66.0 Å². The highest BCUT2D eigenvalue weighted by Crippen LogP contribution is 2.24. The summed E-state index contributed by atoms with van der Waals surface area (Å²) in [6.45, 7) is 7.20. The molecule has 0 aromatic carbocycles. The van der Waals surface area contributed by atoms with Crippen LogP contribution in [0.4, 0.5) is 5.00 Å². The van der Waals surface area contributed by atoms with E-state index < -0.39 is 0 Å². The van der Waals surface area contributed by atoms with Crippen molar-refractivity contribution in [3.05, 3.63) is 17.5 Å². The van der Waals surface area contributed by atoms with Gasteiger partial charge in [0, 0.05) is 25.7 Å². The van der Waals surface area contributed by atoms with Crippen molar-refractivity contribution in [1.82, 2.24) is 10.6 Å². The molecule has 1 unspecified atom stereocenters. The van der Waals surface area contributed by atoms with Gasteiger partial charge in [-0.3, -0.25) is 9.79 Å². The molecular weight excluding hydrogens is 451 g/mol. The lowest BCUT2D eigenvalue weighted by atomic mass is 10.1. The average Bonchev–Trinajstić information content (AvgIpc) is 3.14. The Kier molecular flexibility index (Phi) is 10.2. The third-order valence-electron chi connectivity index (χ3n) is 4.12. The first-order valence-corrected chi connectivity index (χ1v) is 9.43. The summed E-state index contributed by atoms with van der Waals surface area (Å²) in [6, 6.07) is 4.69. The Morgan fingerprint density at radius 3 is 2.76 bits per heavy atom. The number of rotatable bonds is 6. The molecular formula is C17H29IN4O2S. The van der Waals surface area contributed by atoms with Crippen molar-refractivity contribution < 1.29 is 9.53 Å². The van der Waals surface area contributed by atoms with Crippen LogP contribution in [0, 0.1) is 5.92 Å². The highest BCUT2D eigenvalue weighted by molar-refractivity contribution is 14.0. The summed E-state index contributed by atoms with van der Waals surface area (Å²) in [6.07, 6.45) is 2.16. The van der Waals surface area contributed by atoms with E-state index in [1.807, 2.05) is 13.8 Å². The van der Waals surface area contributed by atoms with Crippen LogP contribution < -0.4 is 15.5 Å². The smallest absolute Gasteiger partial charge is 0.310 e. The quantitative estimate of drug-likeness (QED) is 0.284. The van der Waals surface area contributed by atoms with Gasteiger partial charge >= 0.3 is 5.97 Å². The molecule has 1 fully saturated rings. The Morgan fingerprint density at radius 2 is 2.20 bits per heavy atom. The molecule has 6 nitrogen and oxygen atoms in total. The van der Waals surface area contributed by atoms with E-state index >= 15 is 0 Å². The Morgan fingerprint density at radius 1 is 1.48 bits per heavy atom. The monoisotopic (exact) mass is 480 g/mol. The lowest BCUT2D eigenvalue weighted by molar-refractivity contribution is -0.144. The third-order valence-corrected chi connectivity index (χ3v) is 5.05. The highest BCUT2D eigenvalue weighted by atomic mass is 127. The number of anilines is 1. The molecule has 0 saturated carbocycles. The van der Waals surface area contributed by atoms with E-state index in [4.69, 9.17) is 4.74 Å². The van der Waals surface area contributed by atoms with Crippen LogP contribution in [0.2, 0.25) is 0 Å².